The normalized spacial score (nSPS) is 26.8. The van der Waals surface area contributed by atoms with Crippen LogP contribution in [0.15, 0.2) is 22.7 Å². The van der Waals surface area contributed by atoms with Crippen molar-refractivity contribution < 1.29 is 19.0 Å². The molecule has 3 atom stereocenters. The summed E-state index contributed by atoms with van der Waals surface area (Å²) >= 11 is 3.30. The molecule has 100 valence electrons. The van der Waals surface area contributed by atoms with Crippen LogP contribution in [-0.2, 0) is 4.74 Å². The molecule has 5 heteroatoms. The maximum Gasteiger partial charge on any atom is 0.136 e. The quantitative estimate of drug-likeness (QED) is 0.907. The number of ether oxygens (including phenoxy) is 2. The molecule has 1 saturated carbocycles. The van der Waals surface area contributed by atoms with Gasteiger partial charge in [-0.2, -0.15) is 0 Å². The van der Waals surface area contributed by atoms with E-state index in [9.17, 15) is 9.50 Å². The minimum atomic E-state index is -0.492. The lowest BCUT2D eigenvalue weighted by molar-refractivity contribution is -0.162. The number of rotatable bonds is 5. The molecule has 0 aromatic heterocycles. The molecule has 0 aliphatic heterocycles. The van der Waals surface area contributed by atoms with Gasteiger partial charge in [0, 0.05) is 19.1 Å². The number of hydrogen-bond acceptors (Lipinski definition) is 3. The average Bonchev–Trinajstić information content (AvgIpc) is 2.33. The number of halogens is 2. The van der Waals surface area contributed by atoms with E-state index in [1.807, 2.05) is 6.92 Å². The van der Waals surface area contributed by atoms with Crippen molar-refractivity contribution in [3.63, 3.8) is 0 Å². The van der Waals surface area contributed by atoms with Crippen molar-refractivity contribution in [2.45, 2.75) is 38.1 Å². The van der Waals surface area contributed by atoms with Crippen LogP contribution >= 0.6 is 15.9 Å². The topological polar surface area (TPSA) is 38.7 Å². The van der Waals surface area contributed by atoms with Crippen molar-refractivity contribution in [3.05, 3.63) is 28.5 Å². The average molecular weight is 319 g/mol. The number of benzene rings is 1. The second-order valence-electron chi connectivity index (χ2n) is 4.37. The van der Waals surface area contributed by atoms with Gasteiger partial charge in [-0.05, 0) is 34.5 Å². The minimum Gasteiger partial charge on any atom is -0.486 e. The van der Waals surface area contributed by atoms with E-state index in [4.69, 9.17) is 9.47 Å². The van der Waals surface area contributed by atoms with E-state index in [0.29, 0.717) is 23.2 Å². The van der Waals surface area contributed by atoms with Crippen LogP contribution in [0.4, 0.5) is 4.39 Å². The summed E-state index contributed by atoms with van der Waals surface area (Å²) < 4.78 is 25.0. The highest BCUT2D eigenvalue weighted by Crippen LogP contribution is 2.33. The van der Waals surface area contributed by atoms with Crippen molar-refractivity contribution in [2.24, 2.45) is 0 Å². The molecule has 2 rings (SSSR count). The van der Waals surface area contributed by atoms with Crippen LogP contribution in [0.2, 0.25) is 0 Å². The van der Waals surface area contributed by atoms with Gasteiger partial charge in [-0.25, -0.2) is 4.39 Å². The summed E-state index contributed by atoms with van der Waals surface area (Å²) in [4.78, 5) is 0. The van der Waals surface area contributed by atoms with Crippen LogP contribution in [0.5, 0.6) is 5.75 Å². The Bertz CT molecular complexity index is 413. The van der Waals surface area contributed by atoms with Gasteiger partial charge in [0.15, 0.2) is 0 Å². The summed E-state index contributed by atoms with van der Waals surface area (Å²) in [5, 5.41) is 9.62. The molecule has 3 unspecified atom stereocenters. The molecule has 0 radical (unpaired) electrons. The smallest absolute Gasteiger partial charge is 0.136 e. The highest BCUT2D eigenvalue weighted by Gasteiger charge is 2.43. The van der Waals surface area contributed by atoms with E-state index in [1.54, 1.807) is 6.07 Å². The molecular formula is C13H16BrFO3. The van der Waals surface area contributed by atoms with Crippen molar-refractivity contribution in [1.82, 2.24) is 0 Å². The van der Waals surface area contributed by atoms with Crippen LogP contribution < -0.4 is 4.74 Å². The number of aliphatic hydroxyl groups excluding tert-OH is 1. The zero-order valence-corrected chi connectivity index (χ0v) is 11.7. The van der Waals surface area contributed by atoms with Gasteiger partial charge >= 0.3 is 0 Å². The van der Waals surface area contributed by atoms with E-state index in [2.05, 4.69) is 15.9 Å². The molecule has 0 saturated heterocycles. The fraction of sp³-hybridized carbons (Fsp3) is 0.538. The molecule has 1 aliphatic carbocycles. The van der Waals surface area contributed by atoms with Gasteiger partial charge in [-0.3, -0.25) is 0 Å². The largest absolute Gasteiger partial charge is 0.486 e. The van der Waals surface area contributed by atoms with Gasteiger partial charge < -0.3 is 14.6 Å². The molecule has 1 aliphatic rings. The second-order valence-corrected chi connectivity index (χ2v) is 5.22. The summed E-state index contributed by atoms with van der Waals surface area (Å²) in [6.45, 7) is 2.59. The van der Waals surface area contributed by atoms with Gasteiger partial charge in [0.25, 0.3) is 0 Å². The molecule has 18 heavy (non-hydrogen) atoms. The molecule has 3 nitrogen and oxygen atoms in total. The summed E-state index contributed by atoms with van der Waals surface area (Å²) in [6.07, 6.45) is 0.371. The predicted molar refractivity (Wildman–Crippen MR) is 69.2 cm³/mol. The summed E-state index contributed by atoms with van der Waals surface area (Å²) in [5.74, 6) is 0.0936. The van der Waals surface area contributed by atoms with Crippen LogP contribution in [-0.4, -0.2) is 30.0 Å². The first kappa shape index (κ1) is 13.8. The first-order valence-electron chi connectivity index (χ1n) is 6.03. The Labute approximate surface area is 114 Å². The highest BCUT2D eigenvalue weighted by molar-refractivity contribution is 9.10. The molecule has 0 amide bonds. The summed E-state index contributed by atoms with van der Waals surface area (Å²) in [5.41, 5.74) is 0. The molecule has 1 fully saturated rings. The van der Waals surface area contributed by atoms with Crippen LogP contribution in [0.1, 0.15) is 19.8 Å². The zero-order valence-electron chi connectivity index (χ0n) is 10.1. The molecule has 0 heterocycles. The second kappa shape index (κ2) is 5.99. The third-order valence-corrected chi connectivity index (χ3v) is 3.56. The molecular weight excluding hydrogens is 303 g/mol. The van der Waals surface area contributed by atoms with Crippen LogP contribution in [0.25, 0.3) is 0 Å². The van der Waals surface area contributed by atoms with Crippen molar-refractivity contribution in [1.29, 1.82) is 0 Å². The van der Waals surface area contributed by atoms with Gasteiger partial charge in [0.2, 0.25) is 0 Å². The third-order valence-electron chi connectivity index (χ3n) is 2.91. The minimum absolute atomic E-state index is 0.218. The Morgan fingerprint density at radius 1 is 1.50 bits per heavy atom. The third kappa shape index (κ3) is 3.02. The van der Waals surface area contributed by atoms with Crippen molar-refractivity contribution in [2.75, 3.05) is 6.61 Å². The molecule has 0 spiro atoms. The predicted octanol–water partition coefficient (Wildman–Crippen LogP) is 2.90. The number of hydrogen-bond donors (Lipinski definition) is 1. The lowest BCUT2D eigenvalue weighted by Crippen LogP contribution is -2.55. The molecule has 1 aromatic rings. The van der Waals surface area contributed by atoms with E-state index in [-0.39, 0.29) is 18.0 Å². The Kier molecular flexibility index (Phi) is 4.59. The molecule has 1 aromatic carbocycles. The molecule has 1 N–H and O–H groups in total. The fourth-order valence-corrected chi connectivity index (χ4v) is 2.22. The van der Waals surface area contributed by atoms with Crippen LogP contribution in [0, 0.1) is 5.82 Å². The van der Waals surface area contributed by atoms with Crippen molar-refractivity contribution in [3.8, 4) is 5.75 Å². The molecule has 0 bridgehead atoms. The summed E-state index contributed by atoms with van der Waals surface area (Å²) in [7, 11) is 0. The van der Waals surface area contributed by atoms with Gasteiger partial charge in [-0.15, -0.1) is 0 Å². The maximum absolute atomic E-state index is 13.1. The monoisotopic (exact) mass is 318 g/mol. The Morgan fingerprint density at radius 3 is 2.94 bits per heavy atom. The lowest BCUT2D eigenvalue weighted by Gasteiger charge is -2.40. The Hall–Kier alpha value is -0.650. The SMILES string of the molecule is CCCOC1C(O)CC1Oc1cc(F)ccc1Br. The van der Waals surface area contributed by atoms with Gasteiger partial charge in [0.1, 0.15) is 23.8 Å². The highest BCUT2D eigenvalue weighted by atomic mass is 79.9. The lowest BCUT2D eigenvalue weighted by atomic mass is 9.88. The van der Waals surface area contributed by atoms with Gasteiger partial charge in [-0.1, -0.05) is 6.92 Å². The van der Waals surface area contributed by atoms with Crippen LogP contribution in [0.3, 0.4) is 0 Å². The maximum atomic E-state index is 13.1. The van der Waals surface area contributed by atoms with E-state index in [0.717, 1.165) is 6.42 Å². The fourth-order valence-electron chi connectivity index (χ4n) is 1.88. The van der Waals surface area contributed by atoms with Crippen molar-refractivity contribution >= 4 is 15.9 Å². The van der Waals surface area contributed by atoms with Gasteiger partial charge in [0.05, 0.1) is 10.6 Å². The standard InChI is InChI=1S/C13H16BrFO3/c1-2-5-17-13-10(16)7-12(13)18-11-6-8(15)3-4-9(11)14/h3-4,6,10,12-13,16H,2,5,7H2,1H3. The first-order valence-corrected chi connectivity index (χ1v) is 6.82. The Balaban J connectivity index is 1.98. The zero-order chi connectivity index (χ0) is 13.1. The summed E-state index contributed by atoms with van der Waals surface area (Å²) in [6, 6.07) is 4.28. The Morgan fingerprint density at radius 2 is 2.28 bits per heavy atom. The van der Waals surface area contributed by atoms with E-state index >= 15 is 0 Å². The van der Waals surface area contributed by atoms with E-state index in [1.165, 1.54) is 12.1 Å². The van der Waals surface area contributed by atoms with E-state index < -0.39 is 6.10 Å². The number of aliphatic hydroxyl groups is 1. The first-order chi connectivity index (χ1) is 8.61.